The van der Waals surface area contributed by atoms with Crippen LogP contribution in [0.4, 0.5) is 0 Å². The van der Waals surface area contributed by atoms with Crippen LogP contribution in [-0.4, -0.2) is 23.4 Å². The number of amides is 1. The van der Waals surface area contributed by atoms with Crippen LogP contribution in [0.3, 0.4) is 0 Å². The number of aromatic nitrogens is 1. The molecule has 4 nitrogen and oxygen atoms in total. The predicted octanol–water partition coefficient (Wildman–Crippen LogP) is 5.78. The monoisotopic (exact) mass is 416 g/mol. The van der Waals surface area contributed by atoms with Crippen molar-refractivity contribution in [2.24, 2.45) is 0 Å². The van der Waals surface area contributed by atoms with E-state index < -0.39 is 0 Å². The van der Waals surface area contributed by atoms with Crippen LogP contribution in [0.15, 0.2) is 69.6 Å². The summed E-state index contributed by atoms with van der Waals surface area (Å²) in [6, 6.07) is 16.4. The summed E-state index contributed by atoms with van der Waals surface area (Å²) in [5.74, 6) is 0.310. The SMILES string of the molecule is CSC(SC)=C(NC(=O)c1ccccc1)c1ocnc1-c1ccc(Cl)cc1. The molecular formula is C20H17ClN2O2S2. The third kappa shape index (κ3) is 4.58. The van der Waals surface area contributed by atoms with Gasteiger partial charge in [0, 0.05) is 16.1 Å². The molecule has 0 spiro atoms. The fourth-order valence-corrected chi connectivity index (χ4v) is 3.99. The number of rotatable bonds is 6. The third-order valence-electron chi connectivity index (χ3n) is 3.76. The minimum Gasteiger partial charge on any atom is -0.441 e. The summed E-state index contributed by atoms with van der Waals surface area (Å²) in [6.45, 7) is 0. The van der Waals surface area contributed by atoms with Crippen LogP contribution in [0.2, 0.25) is 5.02 Å². The Morgan fingerprint density at radius 2 is 1.70 bits per heavy atom. The van der Waals surface area contributed by atoms with E-state index in [2.05, 4.69) is 10.3 Å². The van der Waals surface area contributed by atoms with Gasteiger partial charge in [-0.1, -0.05) is 41.9 Å². The van der Waals surface area contributed by atoms with E-state index in [4.69, 9.17) is 16.0 Å². The predicted molar refractivity (Wildman–Crippen MR) is 115 cm³/mol. The molecule has 0 aliphatic rings. The maximum atomic E-state index is 12.7. The number of thioether (sulfide) groups is 2. The van der Waals surface area contributed by atoms with Crippen molar-refractivity contribution >= 4 is 46.7 Å². The normalized spacial score (nSPS) is 10.5. The van der Waals surface area contributed by atoms with E-state index in [1.54, 1.807) is 24.3 Å². The van der Waals surface area contributed by atoms with Gasteiger partial charge in [-0.15, -0.1) is 23.5 Å². The Morgan fingerprint density at radius 3 is 2.33 bits per heavy atom. The first-order valence-corrected chi connectivity index (χ1v) is 10.8. The van der Waals surface area contributed by atoms with Crippen molar-refractivity contribution in [3.8, 4) is 11.3 Å². The Kier molecular flexibility index (Phi) is 6.66. The number of carbonyl (C=O) groups is 1. The van der Waals surface area contributed by atoms with Gasteiger partial charge in [0.1, 0.15) is 11.4 Å². The largest absolute Gasteiger partial charge is 0.441 e. The lowest BCUT2D eigenvalue weighted by Crippen LogP contribution is -2.22. The van der Waals surface area contributed by atoms with Crippen LogP contribution in [0.5, 0.6) is 0 Å². The Labute approximate surface area is 171 Å². The van der Waals surface area contributed by atoms with Gasteiger partial charge in [0.25, 0.3) is 5.91 Å². The van der Waals surface area contributed by atoms with E-state index in [0.29, 0.717) is 27.7 Å². The standard InChI is InChI=1S/C20H17ClN2O2S2/c1-26-20(27-2)17(23-19(24)14-6-4-3-5-7-14)18-16(22-12-25-18)13-8-10-15(21)11-9-13/h3-12H,1-2H3,(H,23,24). The van der Waals surface area contributed by atoms with E-state index in [-0.39, 0.29) is 5.91 Å². The second-order valence-electron chi connectivity index (χ2n) is 5.43. The minimum absolute atomic E-state index is 0.204. The van der Waals surface area contributed by atoms with E-state index in [9.17, 15) is 4.79 Å². The molecule has 0 radical (unpaired) electrons. The molecule has 0 unspecified atom stereocenters. The first-order chi connectivity index (χ1) is 13.1. The Hall–Kier alpha value is -2.15. The van der Waals surface area contributed by atoms with Crippen molar-refractivity contribution < 1.29 is 9.21 Å². The zero-order valence-electron chi connectivity index (χ0n) is 14.7. The van der Waals surface area contributed by atoms with Gasteiger partial charge in [-0.3, -0.25) is 4.79 Å². The van der Waals surface area contributed by atoms with Crippen molar-refractivity contribution in [2.45, 2.75) is 0 Å². The molecule has 2 aromatic carbocycles. The van der Waals surface area contributed by atoms with Gasteiger partial charge in [0.15, 0.2) is 12.2 Å². The highest BCUT2D eigenvalue weighted by atomic mass is 35.5. The second kappa shape index (κ2) is 9.17. The highest BCUT2D eigenvalue weighted by molar-refractivity contribution is 8.21. The molecule has 0 aliphatic heterocycles. The van der Waals surface area contributed by atoms with E-state index >= 15 is 0 Å². The Balaban J connectivity index is 2.03. The Morgan fingerprint density at radius 1 is 1.04 bits per heavy atom. The van der Waals surface area contributed by atoms with Crippen molar-refractivity contribution in [3.63, 3.8) is 0 Å². The maximum Gasteiger partial charge on any atom is 0.255 e. The molecule has 138 valence electrons. The molecule has 0 saturated carbocycles. The summed E-state index contributed by atoms with van der Waals surface area (Å²) in [4.78, 5) is 17.1. The van der Waals surface area contributed by atoms with E-state index in [0.717, 1.165) is 9.80 Å². The van der Waals surface area contributed by atoms with Crippen molar-refractivity contribution in [2.75, 3.05) is 12.5 Å². The van der Waals surface area contributed by atoms with Crippen LogP contribution < -0.4 is 5.32 Å². The van der Waals surface area contributed by atoms with Gasteiger partial charge in [-0.25, -0.2) is 4.98 Å². The van der Waals surface area contributed by atoms with E-state index in [1.165, 1.54) is 29.9 Å². The summed E-state index contributed by atoms with van der Waals surface area (Å²) in [7, 11) is 0. The quantitative estimate of drug-likeness (QED) is 0.552. The molecule has 0 bridgehead atoms. The summed E-state index contributed by atoms with van der Waals surface area (Å²) < 4.78 is 6.61. The molecule has 0 aliphatic carbocycles. The molecule has 1 N–H and O–H groups in total. The first kappa shape index (κ1) is 19.6. The fraction of sp³-hybridized carbons (Fsp3) is 0.100. The molecule has 1 heterocycles. The maximum absolute atomic E-state index is 12.7. The smallest absolute Gasteiger partial charge is 0.255 e. The number of halogens is 1. The van der Waals surface area contributed by atoms with Gasteiger partial charge in [0.2, 0.25) is 0 Å². The van der Waals surface area contributed by atoms with Crippen molar-refractivity contribution in [1.29, 1.82) is 0 Å². The van der Waals surface area contributed by atoms with Crippen LogP contribution in [0.25, 0.3) is 17.0 Å². The fourth-order valence-electron chi connectivity index (χ4n) is 2.50. The highest BCUT2D eigenvalue weighted by Crippen LogP contribution is 2.36. The summed E-state index contributed by atoms with van der Waals surface area (Å²) in [6.07, 6.45) is 5.30. The van der Waals surface area contributed by atoms with Gasteiger partial charge >= 0.3 is 0 Å². The topological polar surface area (TPSA) is 55.1 Å². The van der Waals surface area contributed by atoms with Crippen LogP contribution in [-0.2, 0) is 0 Å². The molecule has 1 amide bonds. The van der Waals surface area contributed by atoms with Crippen molar-refractivity contribution in [1.82, 2.24) is 10.3 Å². The molecule has 27 heavy (non-hydrogen) atoms. The Bertz CT molecular complexity index is 948. The van der Waals surface area contributed by atoms with Gasteiger partial charge in [-0.05, 0) is 36.8 Å². The number of benzene rings is 2. The molecule has 1 aromatic heterocycles. The highest BCUT2D eigenvalue weighted by Gasteiger charge is 2.21. The molecule has 3 rings (SSSR count). The molecule has 0 atom stereocenters. The third-order valence-corrected chi connectivity index (χ3v) is 6.16. The van der Waals surface area contributed by atoms with Gasteiger partial charge in [0.05, 0.1) is 4.24 Å². The first-order valence-electron chi connectivity index (χ1n) is 8.02. The van der Waals surface area contributed by atoms with E-state index in [1.807, 2.05) is 42.8 Å². The lowest BCUT2D eigenvalue weighted by molar-refractivity contribution is 0.0973. The lowest BCUT2D eigenvalue weighted by atomic mass is 10.1. The molecular weight excluding hydrogens is 400 g/mol. The number of nitrogens with one attached hydrogen (secondary N) is 1. The molecule has 3 aromatic rings. The molecule has 7 heteroatoms. The van der Waals surface area contributed by atoms with Crippen LogP contribution in [0, 0.1) is 0 Å². The van der Waals surface area contributed by atoms with Crippen LogP contribution in [0.1, 0.15) is 16.1 Å². The van der Waals surface area contributed by atoms with Gasteiger partial charge in [-0.2, -0.15) is 0 Å². The molecule has 0 saturated heterocycles. The zero-order valence-corrected chi connectivity index (χ0v) is 17.1. The average molecular weight is 417 g/mol. The summed E-state index contributed by atoms with van der Waals surface area (Å²) >= 11 is 9.07. The number of carbonyl (C=O) groups excluding carboxylic acids is 1. The van der Waals surface area contributed by atoms with Crippen LogP contribution >= 0.6 is 35.1 Å². The number of nitrogens with zero attached hydrogens (tertiary/aromatic N) is 1. The summed E-state index contributed by atoms with van der Waals surface area (Å²) in [5, 5.41) is 3.64. The number of hydrogen-bond acceptors (Lipinski definition) is 5. The number of oxazole rings is 1. The average Bonchev–Trinajstić information content (AvgIpc) is 3.18. The molecule has 0 fully saturated rings. The number of hydrogen-bond donors (Lipinski definition) is 1. The zero-order chi connectivity index (χ0) is 19.2. The van der Waals surface area contributed by atoms with Crippen molar-refractivity contribution in [3.05, 3.63) is 81.6 Å². The second-order valence-corrected chi connectivity index (χ2v) is 7.76. The lowest BCUT2D eigenvalue weighted by Gasteiger charge is -2.13. The van der Waals surface area contributed by atoms with Gasteiger partial charge < -0.3 is 9.73 Å². The summed E-state index contributed by atoms with van der Waals surface area (Å²) in [5.41, 5.74) is 2.68. The minimum atomic E-state index is -0.204.